The molecule has 2 amide bonds. The van der Waals surface area contributed by atoms with Gasteiger partial charge in [-0.1, -0.05) is 6.08 Å². The van der Waals surface area contributed by atoms with Gasteiger partial charge in [-0.3, -0.25) is 9.59 Å². The lowest BCUT2D eigenvalue weighted by molar-refractivity contribution is -0.148. The third-order valence-electron chi connectivity index (χ3n) is 2.06. The fourth-order valence-corrected chi connectivity index (χ4v) is 1.21. The molecule has 15 heavy (non-hydrogen) atoms. The van der Waals surface area contributed by atoms with Crippen LogP contribution in [0.3, 0.4) is 0 Å². The first-order valence-electron chi connectivity index (χ1n) is 4.42. The maximum absolute atomic E-state index is 11.4. The zero-order chi connectivity index (χ0) is 11.4. The molecule has 1 saturated heterocycles. The summed E-state index contributed by atoms with van der Waals surface area (Å²) in [5.41, 5.74) is 0. The number of carbonyl (C=O) groups is 3. The van der Waals surface area contributed by atoms with Crippen molar-refractivity contribution < 1.29 is 19.5 Å². The number of nitrogens with zero attached hydrogens (tertiary/aromatic N) is 2. The molecular formula is C9H12N2O4. The number of aliphatic carboxylic acids is 1. The van der Waals surface area contributed by atoms with E-state index in [1.54, 1.807) is 7.05 Å². The van der Waals surface area contributed by atoms with Gasteiger partial charge in [-0.05, 0) is 0 Å². The van der Waals surface area contributed by atoms with Crippen LogP contribution in [0.5, 0.6) is 0 Å². The molecule has 1 aliphatic rings. The molecule has 6 heteroatoms. The Labute approximate surface area is 86.8 Å². The number of carboxylic acids is 1. The Bertz CT molecular complexity index is 324. The molecule has 0 aliphatic carbocycles. The fourth-order valence-electron chi connectivity index (χ4n) is 1.21. The molecule has 0 aromatic carbocycles. The number of amides is 2. The van der Waals surface area contributed by atoms with Crippen LogP contribution >= 0.6 is 0 Å². The van der Waals surface area contributed by atoms with Gasteiger partial charge in [0.15, 0.2) is 0 Å². The van der Waals surface area contributed by atoms with E-state index in [4.69, 9.17) is 5.11 Å². The second-order valence-electron chi connectivity index (χ2n) is 3.26. The van der Waals surface area contributed by atoms with Crippen LogP contribution in [-0.4, -0.2) is 59.4 Å². The minimum atomic E-state index is -1.07. The molecule has 1 N–H and O–H groups in total. The highest BCUT2D eigenvalue weighted by atomic mass is 16.4. The molecule has 82 valence electrons. The zero-order valence-corrected chi connectivity index (χ0v) is 8.34. The van der Waals surface area contributed by atoms with Crippen molar-refractivity contribution in [3.63, 3.8) is 0 Å². The van der Waals surface area contributed by atoms with Gasteiger partial charge in [0.1, 0.15) is 6.54 Å². The lowest BCUT2D eigenvalue weighted by Gasteiger charge is -2.30. The maximum atomic E-state index is 11.4. The molecule has 0 radical (unpaired) electrons. The third-order valence-corrected chi connectivity index (χ3v) is 2.06. The summed E-state index contributed by atoms with van der Waals surface area (Å²) in [7, 11) is 1.56. The van der Waals surface area contributed by atoms with E-state index in [-0.39, 0.29) is 31.4 Å². The fraction of sp³-hybridized carbons (Fsp3) is 0.444. The number of hydrogen-bond acceptors (Lipinski definition) is 3. The summed E-state index contributed by atoms with van der Waals surface area (Å²) in [6, 6.07) is 0. The van der Waals surface area contributed by atoms with E-state index in [0.717, 1.165) is 6.08 Å². The molecule has 0 saturated carbocycles. The molecule has 0 spiro atoms. The van der Waals surface area contributed by atoms with Gasteiger partial charge >= 0.3 is 5.97 Å². The SMILES string of the molecule is CN1CC(=O)N(C/C=C/C(=O)O)CC1=O. The molecule has 1 heterocycles. The van der Waals surface area contributed by atoms with Crippen LogP contribution < -0.4 is 0 Å². The highest BCUT2D eigenvalue weighted by Crippen LogP contribution is 2.02. The van der Waals surface area contributed by atoms with Crippen LogP contribution in [0.2, 0.25) is 0 Å². The Hall–Kier alpha value is -1.85. The lowest BCUT2D eigenvalue weighted by Crippen LogP contribution is -2.52. The normalized spacial score (nSPS) is 17.7. The molecular weight excluding hydrogens is 200 g/mol. The van der Waals surface area contributed by atoms with Gasteiger partial charge in [0.25, 0.3) is 0 Å². The first-order chi connectivity index (χ1) is 7.00. The summed E-state index contributed by atoms with van der Waals surface area (Å²) in [6.07, 6.45) is 2.30. The summed E-state index contributed by atoms with van der Waals surface area (Å²) >= 11 is 0. The number of likely N-dealkylation sites (N-methyl/N-ethyl adjacent to an activating group) is 1. The van der Waals surface area contributed by atoms with E-state index in [0.29, 0.717) is 0 Å². The molecule has 0 aromatic rings. The minimum absolute atomic E-state index is 0.0132. The van der Waals surface area contributed by atoms with Crippen molar-refractivity contribution in [1.82, 2.24) is 9.80 Å². The number of carbonyl (C=O) groups excluding carboxylic acids is 2. The standard InChI is InChI=1S/C9H12N2O4/c1-10-5-8(13)11(6-7(10)12)4-2-3-9(14)15/h2-3H,4-6H2,1H3,(H,14,15)/b3-2+. The molecule has 1 aliphatic heterocycles. The van der Waals surface area contributed by atoms with Crippen molar-refractivity contribution in [3.05, 3.63) is 12.2 Å². The highest BCUT2D eigenvalue weighted by molar-refractivity contribution is 5.92. The first kappa shape index (κ1) is 11.2. The molecule has 1 fully saturated rings. The number of rotatable bonds is 3. The van der Waals surface area contributed by atoms with Crippen LogP contribution in [0.4, 0.5) is 0 Å². The van der Waals surface area contributed by atoms with Gasteiger partial charge in [0, 0.05) is 19.7 Å². The summed E-state index contributed by atoms with van der Waals surface area (Å²) in [5, 5.41) is 8.34. The van der Waals surface area contributed by atoms with Gasteiger partial charge in [-0.25, -0.2) is 4.79 Å². The van der Waals surface area contributed by atoms with Crippen molar-refractivity contribution >= 4 is 17.8 Å². The van der Waals surface area contributed by atoms with Crippen LogP contribution in [0, 0.1) is 0 Å². The van der Waals surface area contributed by atoms with Crippen molar-refractivity contribution in [2.24, 2.45) is 0 Å². The van der Waals surface area contributed by atoms with Crippen LogP contribution in [0.15, 0.2) is 12.2 Å². The Morgan fingerprint density at radius 1 is 1.40 bits per heavy atom. The smallest absolute Gasteiger partial charge is 0.328 e. The molecule has 0 bridgehead atoms. The minimum Gasteiger partial charge on any atom is -0.478 e. The number of piperazine rings is 1. The van der Waals surface area contributed by atoms with Crippen molar-refractivity contribution in [2.45, 2.75) is 0 Å². The Kier molecular flexibility index (Phi) is 3.43. The van der Waals surface area contributed by atoms with Gasteiger partial charge in [-0.2, -0.15) is 0 Å². The summed E-state index contributed by atoms with van der Waals surface area (Å²) in [5.74, 6) is -1.38. The van der Waals surface area contributed by atoms with Gasteiger partial charge < -0.3 is 14.9 Å². The van der Waals surface area contributed by atoms with E-state index in [9.17, 15) is 14.4 Å². The number of hydrogen-bond donors (Lipinski definition) is 1. The predicted molar refractivity (Wildman–Crippen MR) is 51.0 cm³/mol. The Balaban J connectivity index is 2.52. The van der Waals surface area contributed by atoms with Gasteiger partial charge in [0.2, 0.25) is 11.8 Å². The first-order valence-corrected chi connectivity index (χ1v) is 4.42. The zero-order valence-electron chi connectivity index (χ0n) is 8.34. The van der Waals surface area contributed by atoms with E-state index in [1.165, 1.54) is 15.9 Å². The average Bonchev–Trinajstić information content (AvgIpc) is 2.13. The van der Waals surface area contributed by atoms with Crippen molar-refractivity contribution in [3.8, 4) is 0 Å². The van der Waals surface area contributed by atoms with E-state index >= 15 is 0 Å². The van der Waals surface area contributed by atoms with Crippen LogP contribution in [-0.2, 0) is 14.4 Å². The van der Waals surface area contributed by atoms with Crippen LogP contribution in [0.1, 0.15) is 0 Å². The van der Waals surface area contributed by atoms with Gasteiger partial charge in [-0.15, -0.1) is 0 Å². The molecule has 6 nitrogen and oxygen atoms in total. The Morgan fingerprint density at radius 2 is 2.07 bits per heavy atom. The third kappa shape index (κ3) is 3.08. The monoisotopic (exact) mass is 212 g/mol. The maximum Gasteiger partial charge on any atom is 0.328 e. The van der Waals surface area contributed by atoms with E-state index in [1.807, 2.05) is 0 Å². The predicted octanol–water partition coefficient (Wildman–Crippen LogP) is -1.07. The second-order valence-corrected chi connectivity index (χ2v) is 3.26. The second kappa shape index (κ2) is 4.59. The quantitative estimate of drug-likeness (QED) is 0.604. The van der Waals surface area contributed by atoms with Crippen molar-refractivity contribution in [1.29, 1.82) is 0 Å². The van der Waals surface area contributed by atoms with E-state index < -0.39 is 5.97 Å². The summed E-state index contributed by atoms with van der Waals surface area (Å²) in [6.45, 7) is 0.226. The van der Waals surface area contributed by atoms with Crippen LogP contribution in [0.25, 0.3) is 0 Å². The largest absolute Gasteiger partial charge is 0.478 e. The molecule has 1 rings (SSSR count). The number of carboxylic acid groups (broad SMARTS) is 1. The summed E-state index contributed by atoms with van der Waals surface area (Å²) < 4.78 is 0. The van der Waals surface area contributed by atoms with E-state index in [2.05, 4.69) is 0 Å². The molecule has 0 aromatic heterocycles. The highest BCUT2D eigenvalue weighted by Gasteiger charge is 2.26. The Morgan fingerprint density at radius 3 is 2.67 bits per heavy atom. The topological polar surface area (TPSA) is 77.9 Å². The lowest BCUT2D eigenvalue weighted by atomic mass is 10.3. The van der Waals surface area contributed by atoms with Gasteiger partial charge in [0.05, 0.1) is 6.54 Å². The molecule has 0 unspecified atom stereocenters. The van der Waals surface area contributed by atoms with Crippen molar-refractivity contribution in [2.75, 3.05) is 26.7 Å². The average molecular weight is 212 g/mol. The summed E-state index contributed by atoms with van der Waals surface area (Å²) in [4.78, 5) is 35.5. The molecule has 0 atom stereocenters.